The Kier molecular flexibility index (Phi) is 3.91. The molecule has 86 valence electrons. The molecule has 16 heavy (non-hydrogen) atoms. The van der Waals surface area contributed by atoms with Gasteiger partial charge in [-0.3, -0.25) is 0 Å². The zero-order chi connectivity index (χ0) is 12.4. The van der Waals surface area contributed by atoms with Crippen LogP contribution in [0.1, 0.15) is 5.56 Å². The molecule has 4 nitrogen and oxygen atoms in total. The van der Waals surface area contributed by atoms with Gasteiger partial charge < -0.3 is 0 Å². The third kappa shape index (κ3) is 3.15. The third-order valence-electron chi connectivity index (χ3n) is 1.80. The van der Waals surface area contributed by atoms with Crippen LogP contribution in [0.2, 0.25) is 0 Å². The Bertz CT molecular complexity index is 550. The average Bonchev–Trinajstić information content (AvgIpc) is 2.16. The molecular formula is C9H7BrClNO3S. The van der Waals surface area contributed by atoms with Crippen LogP contribution in [0.25, 0.3) is 0 Å². The van der Waals surface area contributed by atoms with Crippen LogP contribution >= 0.6 is 27.5 Å². The molecule has 1 atom stereocenters. The summed E-state index contributed by atoms with van der Waals surface area (Å²) < 4.78 is 21.1. The molecule has 0 fully saturated rings. The van der Waals surface area contributed by atoms with E-state index in [1.165, 1.54) is 24.3 Å². The van der Waals surface area contributed by atoms with Gasteiger partial charge in [-0.15, -0.1) is 0 Å². The van der Waals surface area contributed by atoms with Crippen molar-refractivity contribution in [2.75, 3.05) is 6.26 Å². The first-order valence-electron chi connectivity index (χ1n) is 4.05. The Hall–Kier alpha value is -0.680. The van der Waals surface area contributed by atoms with E-state index in [4.69, 9.17) is 11.6 Å². The van der Waals surface area contributed by atoms with Gasteiger partial charge in [0.15, 0.2) is 9.84 Å². The monoisotopic (exact) mass is 323 g/mol. The highest BCUT2D eigenvalue weighted by Crippen LogP contribution is 2.37. The van der Waals surface area contributed by atoms with Crippen molar-refractivity contribution in [3.8, 4) is 0 Å². The summed E-state index contributed by atoms with van der Waals surface area (Å²) in [5.74, 6) is 0. The van der Waals surface area contributed by atoms with Crippen LogP contribution < -0.4 is 0 Å². The molecule has 0 saturated carbocycles. The molecule has 1 aromatic carbocycles. The van der Waals surface area contributed by atoms with Crippen LogP contribution in [0.15, 0.2) is 34.2 Å². The van der Waals surface area contributed by atoms with E-state index in [-0.39, 0.29) is 4.90 Å². The van der Waals surface area contributed by atoms with Gasteiger partial charge in [0.1, 0.15) is 0 Å². The molecule has 0 bridgehead atoms. The van der Waals surface area contributed by atoms with Crippen LogP contribution in [0.5, 0.6) is 0 Å². The first kappa shape index (κ1) is 13.4. The van der Waals surface area contributed by atoms with Gasteiger partial charge in [-0.25, -0.2) is 13.2 Å². The van der Waals surface area contributed by atoms with E-state index in [2.05, 4.69) is 20.9 Å². The fourth-order valence-corrected chi connectivity index (χ4v) is 2.17. The van der Waals surface area contributed by atoms with Crippen molar-refractivity contribution in [3.05, 3.63) is 29.8 Å². The molecule has 1 aromatic rings. The lowest BCUT2D eigenvalue weighted by Gasteiger charge is -2.13. The Balaban J connectivity index is 3.34. The molecule has 0 saturated heterocycles. The summed E-state index contributed by atoms with van der Waals surface area (Å²) in [6.07, 6.45) is 2.39. The molecule has 0 spiro atoms. The number of carbonyl (C=O) groups excluding carboxylic acids is 1. The van der Waals surface area contributed by atoms with Crippen molar-refractivity contribution < 1.29 is 13.2 Å². The number of hydrogen-bond donors (Lipinski definition) is 0. The fraction of sp³-hybridized carbons (Fsp3) is 0.222. The lowest BCUT2D eigenvalue weighted by Crippen LogP contribution is -2.07. The number of aliphatic imine (C=N–C) groups is 1. The first-order chi connectivity index (χ1) is 7.27. The number of halogens is 2. The lowest BCUT2D eigenvalue weighted by atomic mass is 10.2. The van der Waals surface area contributed by atoms with Gasteiger partial charge in [0, 0.05) is 11.8 Å². The highest BCUT2D eigenvalue weighted by Gasteiger charge is 2.26. The van der Waals surface area contributed by atoms with E-state index >= 15 is 0 Å². The van der Waals surface area contributed by atoms with Crippen LogP contribution in [0.4, 0.5) is 0 Å². The molecule has 0 aromatic heterocycles. The van der Waals surface area contributed by atoms with E-state index in [9.17, 15) is 13.2 Å². The summed E-state index contributed by atoms with van der Waals surface area (Å²) in [6.45, 7) is 0. The summed E-state index contributed by atoms with van der Waals surface area (Å²) in [4.78, 5) is 13.6. The number of isocyanates is 1. The molecule has 0 N–H and O–H groups in total. The van der Waals surface area contributed by atoms with E-state index < -0.39 is 13.7 Å². The smallest absolute Gasteiger partial charge is 0.224 e. The van der Waals surface area contributed by atoms with Crippen LogP contribution in [0.3, 0.4) is 0 Å². The van der Waals surface area contributed by atoms with E-state index in [0.29, 0.717) is 5.56 Å². The van der Waals surface area contributed by atoms with Gasteiger partial charge in [0.25, 0.3) is 0 Å². The maximum absolute atomic E-state index is 11.3. The summed E-state index contributed by atoms with van der Waals surface area (Å²) in [5.41, 5.74) is 0.348. The molecule has 7 heteroatoms. The van der Waals surface area contributed by atoms with Gasteiger partial charge in [-0.2, -0.15) is 4.99 Å². The molecule has 0 heterocycles. The highest BCUT2D eigenvalue weighted by atomic mass is 79.9. The SMILES string of the molecule is CS(=O)(=O)c1cccc(C(Cl)(Br)N=C=O)c1. The van der Waals surface area contributed by atoms with Gasteiger partial charge in [0.05, 0.1) is 4.90 Å². The summed E-state index contributed by atoms with van der Waals surface area (Å²) in [7, 11) is -3.32. The highest BCUT2D eigenvalue weighted by molar-refractivity contribution is 9.10. The van der Waals surface area contributed by atoms with Gasteiger partial charge in [0.2, 0.25) is 9.99 Å². The van der Waals surface area contributed by atoms with Crippen LogP contribution in [-0.2, 0) is 18.5 Å². The Morgan fingerprint density at radius 3 is 2.62 bits per heavy atom. The number of sulfone groups is 1. The second-order valence-corrected chi connectivity index (χ2v) is 7.21. The van der Waals surface area contributed by atoms with Crippen molar-refractivity contribution in [1.29, 1.82) is 0 Å². The molecule has 0 amide bonds. The number of benzene rings is 1. The average molecular weight is 325 g/mol. The maximum Gasteiger partial charge on any atom is 0.238 e. The van der Waals surface area contributed by atoms with E-state index in [1.807, 2.05) is 0 Å². The lowest BCUT2D eigenvalue weighted by molar-refractivity contribution is 0.561. The van der Waals surface area contributed by atoms with Gasteiger partial charge in [-0.05, 0) is 28.1 Å². The zero-order valence-electron chi connectivity index (χ0n) is 8.15. The summed E-state index contributed by atoms with van der Waals surface area (Å²) >= 11 is 8.87. The quantitative estimate of drug-likeness (QED) is 0.370. The van der Waals surface area contributed by atoms with Crippen LogP contribution in [0, 0.1) is 0 Å². The second-order valence-electron chi connectivity index (χ2n) is 3.04. The maximum atomic E-state index is 11.3. The molecule has 0 aliphatic rings. The number of alkyl halides is 2. The van der Waals surface area contributed by atoms with Crippen molar-refractivity contribution >= 4 is 43.4 Å². The summed E-state index contributed by atoms with van der Waals surface area (Å²) in [6, 6.07) is 5.85. The topological polar surface area (TPSA) is 63.6 Å². The van der Waals surface area contributed by atoms with Gasteiger partial charge >= 0.3 is 0 Å². The Labute approximate surface area is 106 Å². The van der Waals surface area contributed by atoms with Crippen LogP contribution in [-0.4, -0.2) is 20.8 Å². The third-order valence-corrected chi connectivity index (χ3v) is 3.84. The predicted octanol–water partition coefficient (Wildman–Crippen LogP) is 2.17. The number of rotatable bonds is 3. The number of hydrogen-bond acceptors (Lipinski definition) is 4. The zero-order valence-corrected chi connectivity index (χ0v) is 11.3. The molecule has 1 unspecified atom stereocenters. The second kappa shape index (κ2) is 4.67. The fourth-order valence-electron chi connectivity index (χ4n) is 1.04. The van der Waals surface area contributed by atoms with Gasteiger partial charge in [-0.1, -0.05) is 23.7 Å². The minimum absolute atomic E-state index is 0.107. The standard InChI is InChI=1S/C9H7BrClNO3S/c1-16(14,15)8-4-2-3-7(5-8)9(10,11)12-6-13/h2-5H,1H3. The molecule has 0 aliphatic heterocycles. The Morgan fingerprint density at radius 2 is 2.12 bits per heavy atom. The van der Waals surface area contributed by atoms with Crippen molar-refractivity contribution in [2.24, 2.45) is 4.99 Å². The molecule has 0 radical (unpaired) electrons. The predicted molar refractivity (Wildman–Crippen MR) is 64.1 cm³/mol. The minimum Gasteiger partial charge on any atom is -0.224 e. The minimum atomic E-state index is -3.32. The summed E-state index contributed by atoms with van der Waals surface area (Å²) in [5, 5.41) is 0. The van der Waals surface area contributed by atoms with Crippen molar-refractivity contribution in [2.45, 2.75) is 8.80 Å². The molecule has 0 aliphatic carbocycles. The first-order valence-corrected chi connectivity index (χ1v) is 7.11. The normalized spacial score (nSPS) is 14.9. The largest absolute Gasteiger partial charge is 0.238 e. The van der Waals surface area contributed by atoms with E-state index in [1.54, 1.807) is 6.07 Å². The van der Waals surface area contributed by atoms with Crippen molar-refractivity contribution in [1.82, 2.24) is 0 Å². The molecule has 1 rings (SSSR count). The van der Waals surface area contributed by atoms with E-state index in [0.717, 1.165) is 6.26 Å². The van der Waals surface area contributed by atoms with Crippen molar-refractivity contribution in [3.63, 3.8) is 0 Å². The molecular weight excluding hydrogens is 318 g/mol. The number of nitrogens with zero attached hydrogens (tertiary/aromatic N) is 1. The Morgan fingerprint density at radius 1 is 1.50 bits per heavy atom.